The first kappa shape index (κ1) is 6.44. The van der Waals surface area contributed by atoms with Gasteiger partial charge in [-0.15, -0.1) is 0 Å². The Morgan fingerprint density at radius 1 is 1.36 bits per heavy atom. The quantitative estimate of drug-likeness (QED) is 0.561. The van der Waals surface area contributed by atoms with E-state index >= 15 is 0 Å². The van der Waals surface area contributed by atoms with Gasteiger partial charge in [0.1, 0.15) is 0 Å². The summed E-state index contributed by atoms with van der Waals surface area (Å²) in [6.45, 7) is 0.963. The van der Waals surface area contributed by atoms with Gasteiger partial charge in [-0.1, -0.05) is 6.42 Å². The highest BCUT2D eigenvalue weighted by Crippen LogP contribution is 2.61. The molecule has 1 spiro atoms. The van der Waals surface area contributed by atoms with Gasteiger partial charge in [-0.3, -0.25) is 0 Å². The Hall–Kier alpha value is -0.0800. The minimum Gasteiger partial charge on any atom is -0.377 e. The fourth-order valence-electron chi connectivity index (χ4n) is 3.27. The number of nitrogens with two attached hydrogens (primary N) is 1. The van der Waals surface area contributed by atoms with Crippen LogP contribution in [0.1, 0.15) is 25.7 Å². The van der Waals surface area contributed by atoms with Crippen LogP contribution in [0.4, 0.5) is 0 Å². The molecule has 0 bridgehead atoms. The fourth-order valence-corrected chi connectivity index (χ4v) is 3.27. The van der Waals surface area contributed by atoms with Crippen LogP contribution in [-0.2, 0) is 4.74 Å². The molecular weight excluding hydrogens is 138 g/mol. The van der Waals surface area contributed by atoms with Crippen LogP contribution in [0.2, 0.25) is 0 Å². The van der Waals surface area contributed by atoms with Crippen molar-refractivity contribution in [3.63, 3.8) is 0 Å². The van der Waals surface area contributed by atoms with Gasteiger partial charge < -0.3 is 10.5 Å². The molecule has 11 heavy (non-hydrogen) atoms. The average molecular weight is 153 g/mol. The Morgan fingerprint density at radius 3 is 2.82 bits per heavy atom. The fraction of sp³-hybridized carbons (Fsp3) is 1.00. The van der Waals surface area contributed by atoms with Crippen molar-refractivity contribution in [2.24, 2.45) is 17.1 Å². The van der Waals surface area contributed by atoms with Crippen LogP contribution >= 0.6 is 0 Å². The normalized spacial score (nSPS) is 51.5. The summed E-state index contributed by atoms with van der Waals surface area (Å²) in [6.07, 6.45) is 5.81. The topological polar surface area (TPSA) is 35.2 Å². The first-order chi connectivity index (χ1) is 5.34. The molecule has 0 aromatic carbocycles. The first-order valence-electron chi connectivity index (χ1n) is 4.72. The van der Waals surface area contributed by atoms with Crippen molar-refractivity contribution < 1.29 is 4.74 Å². The lowest BCUT2D eigenvalue weighted by Crippen LogP contribution is -2.69. The number of hydrogen-bond acceptors (Lipinski definition) is 2. The molecule has 3 atom stereocenters. The Bertz CT molecular complexity index is 188. The van der Waals surface area contributed by atoms with Gasteiger partial charge in [-0.2, -0.15) is 0 Å². The van der Waals surface area contributed by atoms with E-state index in [1.165, 1.54) is 25.7 Å². The summed E-state index contributed by atoms with van der Waals surface area (Å²) in [7, 11) is 0. The minimum absolute atomic E-state index is 0.459. The summed E-state index contributed by atoms with van der Waals surface area (Å²) >= 11 is 0. The molecular formula is C9H15NO. The van der Waals surface area contributed by atoms with Crippen LogP contribution in [0.15, 0.2) is 0 Å². The van der Waals surface area contributed by atoms with Gasteiger partial charge in [0.25, 0.3) is 0 Å². The summed E-state index contributed by atoms with van der Waals surface area (Å²) < 4.78 is 5.70. The van der Waals surface area contributed by atoms with Gasteiger partial charge in [0.15, 0.2) is 0 Å². The second-order valence-electron chi connectivity index (χ2n) is 4.36. The van der Waals surface area contributed by atoms with E-state index in [4.69, 9.17) is 10.5 Å². The molecule has 1 saturated heterocycles. The van der Waals surface area contributed by atoms with E-state index in [1.807, 2.05) is 0 Å². The maximum atomic E-state index is 6.12. The van der Waals surface area contributed by atoms with E-state index in [2.05, 4.69) is 0 Å². The van der Waals surface area contributed by atoms with Crippen LogP contribution in [-0.4, -0.2) is 18.8 Å². The predicted molar refractivity (Wildman–Crippen MR) is 42.1 cm³/mol. The van der Waals surface area contributed by atoms with Gasteiger partial charge in [-0.05, 0) is 19.3 Å². The van der Waals surface area contributed by atoms with Gasteiger partial charge in [-0.25, -0.2) is 0 Å². The van der Waals surface area contributed by atoms with E-state index in [0.29, 0.717) is 17.6 Å². The highest BCUT2D eigenvalue weighted by molar-refractivity contribution is 5.17. The van der Waals surface area contributed by atoms with Crippen molar-refractivity contribution in [3.05, 3.63) is 0 Å². The van der Waals surface area contributed by atoms with Gasteiger partial charge in [0.05, 0.1) is 6.10 Å². The second-order valence-corrected chi connectivity index (χ2v) is 4.36. The molecule has 2 N–H and O–H groups in total. The van der Waals surface area contributed by atoms with E-state index in [9.17, 15) is 0 Å². The molecule has 3 aliphatic rings. The number of rotatable bonds is 0. The monoisotopic (exact) mass is 153 g/mol. The highest BCUT2D eigenvalue weighted by Gasteiger charge is 2.65. The molecule has 2 saturated carbocycles. The summed E-state index contributed by atoms with van der Waals surface area (Å²) in [4.78, 5) is 0. The van der Waals surface area contributed by atoms with Crippen molar-refractivity contribution in [3.8, 4) is 0 Å². The summed E-state index contributed by atoms with van der Waals surface area (Å²) in [5, 5.41) is 0. The van der Waals surface area contributed by atoms with Crippen LogP contribution in [0.5, 0.6) is 0 Å². The zero-order valence-electron chi connectivity index (χ0n) is 6.75. The SMILES string of the molecule is N[C@@H]1[C@@H]2CCO[C@H]2C12CCC2. The van der Waals surface area contributed by atoms with E-state index < -0.39 is 0 Å². The van der Waals surface area contributed by atoms with E-state index in [0.717, 1.165) is 12.5 Å². The summed E-state index contributed by atoms with van der Waals surface area (Å²) in [5.41, 5.74) is 6.58. The Labute approximate surface area is 67.1 Å². The summed E-state index contributed by atoms with van der Waals surface area (Å²) in [6, 6.07) is 0.476. The number of fused-ring (bicyclic) bond motifs is 2. The molecule has 0 aromatic heterocycles. The Morgan fingerprint density at radius 2 is 2.18 bits per heavy atom. The third kappa shape index (κ3) is 0.541. The third-order valence-electron chi connectivity index (χ3n) is 4.11. The van der Waals surface area contributed by atoms with Gasteiger partial charge in [0.2, 0.25) is 0 Å². The third-order valence-corrected chi connectivity index (χ3v) is 4.11. The van der Waals surface area contributed by atoms with Crippen LogP contribution in [0.25, 0.3) is 0 Å². The zero-order chi connectivity index (χ0) is 7.47. The molecule has 3 rings (SSSR count). The maximum absolute atomic E-state index is 6.12. The molecule has 2 heteroatoms. The molecule has 0 radical (unpaired) electrons. The average Bonchev–Trinajstić information content (AvgIpc) is 2.29. The maximum Gasteiger partial charge on any atom is 0.0690 e. The predicted octanol–water partition coefficient (Wildman–Crippen LogP) is 0.903. The second kappa shape index (κ2) is 1.80. The molecule has 2 aliphatic carbocycles. The van der Waals surface area contributed by atoms with Crippen molar-refractivity contribution >= 4 is 0 Å². The zero-order valence-corrected chi connectivity index (χ0v) is 6.75. The molecule has 0 unspecified atom stereocenters. The molecule has 1 heterocycles. The number of ether oxygens (including phenoxy) is 1. The lowest BCUT2D eigenvalue weighted by molar-refractivity contribution is -0.164. The highest BCUT2D eigenvalue weighted by atomic mass is 16.5. The van der Waals surface area contributed by atoms with Crippen LogP contribution < -0.4 is 5.73 Å². The Kier molecular flexibility index (Phi) is 1.06. The van der Waals surface area contributed by atoms with Crippen LogP contribution in [0.3, 0.4) is 0 Å². The molecule has 0 aromatic rings. The first-order valence-corrected chi connectivity index (χ1v) is 4.72. The lowest BCUT2D eigenvalue weighted by atomic mass is 9.47. The van der Waals surface area contributed by atoms with Gasteiger partial charge >= 0.3 is 0 Å². The van der Waals surface area contributed by atoms with Crippen molar-refractivity contribution in [2.75, 3.05) is 6.61 Å². The lowest BCUT2D eigenvalue weighted by Gasteiger charge is -2.62. The van der Waals surface area contributed by atoms with Crippen molar-refractivity contribution in [2.45, 2.75) is 37.8 Å². The Balaban J connectivity index is 1.86. The number of hydrogen-bond donors (Lipinski definition) is 1. The molecule has 2 nitrogen and oxygen atoms in total. The summed E-state index contributed by atoms with van der Waals surface area (Å²) in [5.74, 6) is 0.718. The van der Waals surface area contributed by atoms with E-state index in [-0.39, 0.29) is 0 Å². The smallest absolute Gasteiger partial charge is 0.0690 e. The largest absolute Gasteiger partial charge is 0.377 e. The van der Waals surface area contributed by atoms with E-state index in [1.54, 1.807) is 0 Å². The standard InChI is InChI=1S/C9H15NO/c10-7-6-2-5-11-8(6)9(7)3-1-4-9/h6-8H,1-5,10H2/t6-,7+,8+/m0/s1. The van der Waals surface area contributed by atoms with Crippen molar-refractivity contribution in [1.29, 1.82) is 0 Å². The molecule has 62 valence electrons. The minimum atomic E-state index is 0.459. The molecule has 1 aliphatic heterocycles. The van der Waals surface area contributed by atoms with Crippen LogP contribution in [0, 0.1) is 11.3 Å². The van der Waals surface area contributed by atoms with Gasteiger partial charge in [0, 0.05) is 24.0 Å². The molecule has 0 amide bonds. The van der Waals surface area contributed by atoms with Crippen molar-refractivity contribution in [1.82, 2.24) is 0 Å². The molecule has 3 fully saturated rings.